The second-order valence-corrected chi connectivity index (χ2v) is 2.76. The number of carbonyl (C=O) groups excluding carboxylic acids is 1. The van der Waals surface area contributed by atoms with Gasteiger partial charge in [0.1, 0.15) is 12.0 Å². The molecule has 66 valence electrons. The second kappa shape index (κ2) is 4.70. The largest absolute Gasteiger partial charge is 0.361 e. The lowest BCUT2D eigenvalue weighted by Crippen LogP contribution is -1.83. The van der Waals surface area contributed by atoms with Gasteiger partial charge in [0.25, 0.3) is 0 Å². The Hall–Kier alpha value is -1.12. The predicted octanol–water partition coefficient (Wildman–Crippen LogP) is 1.76. The lowest BCUT2D eigenvalue weighted by molar-refractivity contribution is -0.107. The van der Waals surface area contributed by atoms with E-state index in [2.05, 4.69) is 12.1 Å². The fourth-order valence-electron chi connectivity index (χ4n) is 1.01. The molecule has 1 heterocycles. The summed E-state index contributed by atoms with van der Waals surface area (Å²) >= 11 is 0. The van der Waals surface area contributed by atoms with E-state index in [1.54, 1.807) is 0 Å². The van der Waals surface area contributed by atoms with Crippen LogP contribution in [0.5, 0.6) is 0 Å². The van der Waals surface area contributed by atoms with Gasteiger partial charge < -0.3 is 9.32 Å². The minimum absolute atomic E-state index is 0.332. The Balaban J connectivity index is 2.46. The summed E-state index contributed by atoms with van der Waals surface area (Å²) in [5, 5.41) is 3.84. The molecule has 1 rings (SSSR count). The maximum absolute atomic E-state index is 10.1. The van der Waals surface area contributed by atoms with Crippen LogP contribution < -0.4 is 0 Å². The molecule has 0 bridgehead atoms. The van der Waals surface area contributed by atoms with Gasteiger partial charge in [-0.1, -0.05) is 18.5 Å². The van der Waals surface area contributed by atoms with Crippen molar-refractivity contribution in [2.75, 3.05) is 0 Å². The van der Waals surface area contributed by atoms with E-state index >= 15 is 0 Å². The van der Waals surface area contributed by atoms with Crippen molar-refractivity contribution in [2.24, 2.45) is 0 Å². The maximum Gasteiger partial charge on any atom is 0.144 e. The van der Waals surface area contributed by atoms with Crippen LogP contribution in [0.25, 0.3) is 0 Å². The van der Waals surface area contributed by atoms with E-state index < -0.39 is 0 Å². The van der Waals surface area contributed by atoms with Crippen LogP contribution in [0.1, 0.15) is 31.2 Å². The highest BCUT2D eigenvalue weighted by Crippen LogP contribution is 2.06. The molecule has 0 radical (unpaired) electrons. The van der Waals surface area contributed by atoms with Crippen molar-refractivity contribution in [3.8, 4) is 0 Å². The molecule has 3 nitrogen and oxygen atoms in total. The van der Waals surface area contributed by atoms with Crippen LogP contribution >= 0.6 is 0 Å². The number of hydrogen-bond acceptors (Lipinski definition) is 3. The van der Waals surface area contributed by atoms with Crippen molar-refractivity contribution < 1.29 is 9.32 Å². The molecule has 0 fully saturated rings. The van der Waals surface area contributed by atoms with Crippen LogP contribution in [0, 0.1) is 0 Å². The molecule has 0 N–H and O–H groups in total. The standard InChI is InChI=1S/C9H13NO2/c1-2-3-4-8-7-9(5-6-11)12-10-8/h6-7H,2-5H2,1H3. The van der Waals surface area contributed by atoms with Gasteiger partial charge in [0.2, 0.25) is 0 Å². The predicted molar refractivity (Wildman–Crippen MR) is 44.9 cm³/mol. The highest BCUT2D eigenvalue weighted by Gasteiger charge is 2.01. The van der Waals surface area contributed by atoms with Gasteiger partial charge in [0.05, 0.1) is 12.1 Å². The normalized spacial score (nSPS) is 10.1. The van der Waals surface area contributed by atoms with Crippen LogP contribution in [-0.2, 0) is 17.6 Å². The number of nitrogens with zero attached hydrogens (tertiary/aromatic N) is 1. The summed E-state index contributed by atoms with van der Waals surface area (Å²) in [6.07, 6.45) is 4.37. The highest BCUT2D eigenvalue weighted by molar-refractivity contribution is 5.53. The van der Waals surface area contributed by atoms with E-state index in [0.29, 0.717) is 12.2 Å². The molecule has 12 heavy (non-hydrogen) atoms. The zero-order valence-corrected chi connectivity index (χ0v) is 7.25. The molecule has 0 saturated carbocycles. The third kappa shape index (κ3) is 2.49. The second-order valence-electron chi connectivity index (χ2n) is 2.76. The third-order valence-electron chi connectivity index (χ3n) is 1.68. The van der Waals surface area contributed by atoms with Crippen LogP contribution in [-0.4, -0.2) is 11.4 Å². The SMILES string of the molecule is CCCCc1cc(CC=O)on1. The van der Waals surface area contributed by atoms with Gasteiger partial charge in [-0.2, -0.15) is 0 Å². The Morgan fingerprint density at radius 2 is 2.50 bits per heavy atom. The first-order chi connectivity index (χ1) is 5.86. The van der Waals surface area contributed by atoms with E-state index in [0.717, 1.165) is 31.2 Å². The van der Waals surface area contributed by atoms with Gasteiger partial charge in [0, 0.05) is 6.07 Å². The molecule has 0 aliphatic heterocycles. The number of unbranched alkanes of at least 4 members (excludes halogenated alkanes) is 1. The number of aromatic nitrogens is 1. The Labute approximate surface area is 71.7 Å². The van der Waals surface area contributed by atoms with Crippen LogP contribution in [0.4, 0.5) is 0 Å². The van der Waals surface area contributed by atoms with Gasteiger partial charge in [-0.05, 0) is 12.8 Å². The van der Waals surface area contributed by atoms with Crippen molar-refractivity contribution in [3.63, 3.8) is 0 Å². The van der Waals surface area contributed by atoms with E-state index in [1.807, 2.05) is 6.07 Å². The van der Waals surface area contributed by atoms with Gasteiger partial charge >= 0.3 is 0 Å². The molecule has 0 spiro atoms. The topological polar surface area (TPSA) is 43.1 Å². The quantitative estimate of drug-likeness (QED) is 0.627. The number of carbonyl (C=O) groups is 1. The minimum atomic E-state index is 0.332. The maximum atomic E-state index is 10.1. The minimum Gasteiger partial charge on any atom is -0.361 e. The van der Waals surface area contributed by atoms with Crippen molar-refractivity contribution in [1.82, 2.24) is 5.16 Å². The molecule has 0 aliphatic rings. The lowest BCUT2D eigenvalue weighted by Gasteiger charge is -1.88. The zero-order valence-electron chi connectivity index (χ0n) is 7.25. The van der Waals surface area contributed by atoms with E-state index in [4.69, 9.17) is 4.52 Å². The summed E-state index contributed by atoms with van der Waals surface area (Å²) in [5.74, 6) is 0.663. The summed E-state index contributed by atoms with van der Waals surface area (Å²) in [6.45, 7) is 2.13. The van der Waals surface area contributed by atoms with Crippen molar-refractivity contribution >= 4 is 6.29 Å². The zero-order chi connectivity index (χ0) is 8.81. The first-order valence-corrected chi connectivity index (χ1v) is 4.25. The monoisotopic (exact) mass is 167 g/mol. The molecule has 0 unspecified atom stereocenters. The molecular weight excluding hydrogens is 154 g/mol. The van der Waals surface area contributed by atoms with Crippen LogP contribution in [0.2, 0.25) is 0 Å². The first kappa shape index (κ1) is 8.97. The summed E-state index contributed by atoms with van der Waals surface area (Å²) in [5.41, 5.74) is 0.953. The molecule has 1 aromatic rings. The Kier molecular flexibility index (Phi) is 3.51. The smallest absolute Gasteiger partial charge is 0.144 e. The lowest BCUT2D eigenvalue weighted by atomic mass is 10.2. The number of rotatable bonds is 5. The Morgan fingerprint density at radius 1 is 1.67 bits per heavy atom. The molecular formula is C9H13NO2. The summed E-state index contributed by atoms with van der Waals surface area (Å²) in [7, 11) is 0. The van der Waals surface area contributed by atoms with Gasteiger partial charge in [-0.25, -0.2) is 0 Å². The number of hydrogen-bond donors (Lipinski definition) is 0. The average Bonchev–Trinajstić information content (AvgIpc) is 2.50. The number of aryl methyl sites for hydroxylation is 1. The summed E-state index contributed by atoms with van der Waals surface area (Å²) in [6, 6.07) is 1.85. The van der Waals surface area contributed by atoms with Crippen molar-refractivity contribution in [3.05, 3.63) is 17.5 Å². The molecule has 0 amide bonds. The third-order valence-corrected chi connectivity index (χ3v) is 1.68. The van der Waals surface area contributed by atoms with E-state index in [-0.39, 0.29) is 0 Å². The van der Waals surface area contributed by atoms with Crippen molar-refractivity contribution in [2.45, 2.75) is 32.6 Å². The fraction of sp³-hybridized carbons (Fsp3) is 0.556. The van der Waals surface area contributed by atoms with Crippen LogP contribution in [0.3, 0.4) is 0 Å². The van der Waals surface area contributed by atoms with E-state index in [9.17, 15) is 4.79 Å². The highest BCUT2D eigenvalue weighted by atomic mass is 16.5. The molecule has 3 heteroatoms. The average molecular weight is 167 g/mol. The molecule has 1 aromatic heterocycles. The van der Waals surface area contributed by atoms with Crippen LogP contribution in [0.15, 0.2) is 10.6 Å². The fourth-order valence-corrected chi connectivity index (χ4v) is 1.01. The first-order valence-electron chi connectivity index (χ1n) is 4.25. The van der Waals surface area contributed by atoms with Gasteiger partial charge in [-0.3, -0.25) is 0 Å². The summed E-state index contributed by atoms with van der Waals surface area (Å²) < 4.78 is 4.92. The van der Waals surface area contributed by atoms with E-state index in [1.165, 1.54) is 0 Å². The van der Waals surface area contributed by atoms with Gasteiger partial charge in [-0.15, -0.1) is 0 Å². The number of aldehydes is 1. The van der Waals surface area contributed by atoms with Gasteiger partial charge in [0.15, 0.2) is 0 Å². The summed E-state index contributed by atoms with van der Waals surface area (Å²) in [4.78, 5) is 10.1. The Bertz CT molecular complexity index is 242. The molecule has 0 aromatic carbocycles. The Morgan fingerprint density at radius 3 is 3.17 bits per heavy atom. The van der Waals surface area contributed by atoms with Crippen molar-refractivity contribution in [1.29, 1.82) is 0 Å². The molecule has 0 atom stereocenters. The molecule has 0 aliphatic carbocycles. The molecule has 0 saturated heterocycles.